The van der Waals surface area contributed by atoms with Gasteiger partial charge in [0.05, 0.1) is 13.0 Å². The molecular formula is C10H10BrFO3. The molecule has 1 aromatic rings. The summed E-state index contributed by atoms with van der Waals surface area (Å²) in [5.74, 6) is -2.45. The van der Waals surface area contributed by atoms with Gasteiger partial charge in [-0.2, -0.15) is 0 Å². The minimum absolute atomic E-state index is 0.0284. The van der Waals surface area contributed by atoms with E-state index in [-0.39, 0.29) is 5.75 Å². The zero-order chi connectivity index (χ0) is 11.6. The van der Waals surface area contributed by atoms with Gasteiger partial charge in [0.25, 0.3) is 0 Å². The molecule has 0 bridgehead atoms. The molecule has 3 nitrogen and oxygen atoms in total. The quantitative estimate of drug-likeness (QED) is 0.924. The molecule has 0 aliphatic heterocycles. The zero-order valence-electron chi connectivity index (χ0n) is 8.25. The maximum Gasteiger partial charge on any atom is 0.310 e. The minimum atomic E-state index is -1.03. The van der Waals surface area contributed by atoms with Crippen LogP contribution in [0.2, 0.25) is 0 Å². The van der Waals surface area contributed by atoms with Crippen LogP contribution in [-0.4, -0.2) is 18.2 Å². The summed E-state index contributed by atoms with van der Waals surface area (Å²) in [7, 11) is 1.31. The van der Waals surface area contributed by atoms with E-state index >= 15 is 0 Å². The Morgan fingerprint density at radius 3 is 2.67 bits per heavy atom. The average Bonchev–Trinajstić information content (AvgIpc) is 2.19. The molecule has 0 aromatic heterocycles. The number of halogens is 2. The molecule has 1 unspecified atom stereocenters. The highest BCUT2D eigenvalue weighted by Gasteiger charge is 2.23. The Kier molecular flexibility index (Phi) is 3.68. The lowest BCUT2D eigenvalue weighted by Crippen LogP contribution is -2.10. The zero-order valence-corrected chi connectivity index (χ0v) is 9.84. The molecule has 0 saturated carbocycles. The Balaban J connectivity index is 3.37. The van der Waals surface area contributed by atoms with Crippen LogP contribution in [0, 0.1) is 5.82 Å². The molecule has 0 radical (unpaired) electrons. The predicted molar refractivity (Wildman–Crippen MR) is 56.7 cm³/mol. The van der Waals surface area contributed by atoms with Gasteiger partial charge in [-0.25, -0.2) is 4.39 Å². The van der Waals surface area contributed by atoms with Crippen LogP contribution >= 0.6 is 15.9 Å². The predicted octanol–water partition coefficient (Wildman–Crippen LogP) is 2.78. The Morgan fingerprint density at radius 1 is 1.60 bits per heavy atom. The molecule has 82 valence electrons. The Labute approximate surface area is 95.0 Å². The number of carbonyl (C=O) groups is 1. The smallest absolute Gasteiger partial charge is 0.310 e. The maximum absolute atomic E-state index is 13.3. The number of ether oxygens (including phenoxy) is 1. The third-order valence-electron chi connectivity index (χ3n) is 2.10. The number of benzene rings is 1. The molecule has 0 aliphatic carbocycles. The first-order valence-corrected chi connectivity index (χ1v) is 5.03. The first kappa shape index (κ1) is 12.0. The van der Waals surface area contributed by atoms with Crippen molar-refractivity contribution in [2.75, 3.05) is 7.11 Å². The van der Waals surface area contributed by atoms with E-state index in [0.717, 1.165) is 0 Å². The van der Waals surface area contributed by atoms with Gasteiger partial charge in [-0.15, -0.1) is 0 Å². The molecule has 1 atom stereocenters. The second-order valence-electron chi connectivity index (χ2n) is 3.04. The normalized spacial score (nSPS) is 12.3. The van der Waals surface area contributed by atoms with Crippen molar-refractivity contribution in [2.45, 2.75) is 12.8 Å². The molecule has 0 saturated heterocycles. The number of carboxylic acid groups (broad SMARTS) is 1. The summed E-state index contributed by atoms with van der Waals surface area (Å²) >= 11 is 3.18. The average molecular weight is 277 g/mol. The summed E-state index contributed by atoms with van der Waals surface area (Å²) in [4.78, 5) is 10.8. The van der Waals surface area contributed by atoms with Crippen molar-refractivity contribution in [2.24, 2.45) is 0 Å². The van der Waals surface area contributed by atoms with Crippen molar-refractivity contribution < 1.29 is 19.0 Å². The molecular weight excluding hydrogens is 267 g/mol. The molecule has 1 aromatic carbocycles. The molecule has 0 heterocycles. The van der Waals surface area contributed by atoms with Gasteiger partial charge in [-0.05, 0) is 19.1 Å². The topological polar surface area (TPSA) is 46.5 Å². The van der Waals surface area contributed by atoms with E-state index in [1.165, 1.54) is 26.2 Å². The summed E-state index contributed by atoms with van der Waals surface area (Å²) in [5, 5.41) is 8.87. The van der Waals surface area contributed by atoms with Crippen LogP contribution in [0.5, 0.6) is 5.75 Å². The molecule has 0 fully saturated rings. The highest BCUT2D eigenvalue weighted by Crippen LogP contribution is 2.35. The molecule has 0 spiro atoms. The number of hydrogen-bond donors (Lipinski definition) is 1. The van der Waals surface area contributed by atoms with E-state index in [2.05, 4.69) is 15.9 Å². The Morgan fingerprint density at radius 2 is 2.20 bits per heavy atom. The van der Waals surface area contributed by atoms with Crippen LogP contribution in [0.4, 0.5) is 4.39 Å². The third kappa shape index (κ3) is 2.28. The molecule has 15 heavy (non-hydrogen) atoms. The van der Waals surface area contributed by atoms with Crippen LogP contribution in [0.25, 0.3) is 0 Å². The third-order valence-corrected chi connectivity index (χ3v) is 2.79. The molecule has 0 amide bonds. The van der Waals surface area contributed by atoms with Gasteiger partial charge < -0.3 is 9.84 Å². The highest BCUT2D eigenvalue weighted by atomic mass is 79.9. The van der Waals surface area contributed by atoms with Crippen molar-refractivity contribution in [3.05, 3.63) is 28.0 Å². The van der Waals surface area contributed by atoms with Crippen LogP contribution in [0.1, 0.15) is 18.4 Å². The fourth-order valence-electron chi connectivity index (χ4n) is 1.28. The fourth-order valence-corrected chi connectivity index (χ4v) is 1.94. The van der Waals surface area contributed by atoms with Gasteiger partial charge in [-0.1, -0.05) is 15.9 Å². The Hall–Kier alpha value is -1.10. The van der Waals surface area contributed by atoms with Crippen molar-refractivity contribution in [3.63, 3.8) is 0 Å². The second kappa shape index (κ2) is 4.61. The summed E-state index contributed by atoms with van der Waals surface area (Å²) in [6.07, 6.45) is 0. The van der Waals surface area contributed by atoms with Crippen molar-refractivity contribution in [1.29, 1.82) is 0 Å². The number of carboxylic acids is 1. The van der Waals surface area contributed by atoms with Gasteiger partial charge in [-0.3, -0.25) is 4.79 Å². The standard InChI is InChI=1S/C10H10BrFO3/c1-5(10(13)14)8-6(11)3-4-7(12)9(8)15-2/h3-5H,1-2H3,(H,13,14). The Bertz CT molecular complexity index is 392. The monoisotopic (exact) mass is 276 g/mol. The van der Waals surface area contributed by atoms with Crippen LogP contribution in [0.3, 0.4) is 0 Å². The lowest BCUT2D eigenvalue weighted by atomic mass is 10.00. The summed E-state index contributed by atoms with van der Waals surface area (Å²) in [5.41, 5.74) is 0.310. The van der Waals surface area contributed by atoms with Crippen molar-refractivity contribution in [1.82, 2.24) is 0 Å². The number of aliphatic carboxylic acids is 1. The van der Waals surface area contributed by atoms with Crippen molar-refractivity contribution >= 4 is 21.9 Å². The van der Waals surface area contributed by atoms with E-state index in [4.69, 9.17) is 9.84 Å². The minimum Gasteiger partial charge on any atom is -0.493 e. The largest absolute Gasteiger partial charge is 0.493 e. The molecule has 5 heteroatoms. The summed E-state index contributed by atoms with van der Waals surface area (Å²) in [6.45, 7) is 1.48. The van der Waals surface area contributed by atoms with Gasteiger partial charge in [0.2, 0.25) is 0 Å². The van der Waals surface area contributed by atoms with E-state index < -0.39 is 17.7 Å². The number of rotatable bonds is 3. The number of hydrogen-bond acceptors (Lipinski definition) is 2. The second-order valence-corrected chi connectivity index (χ2v) is 3.89. The maximum atomic E-state index is 13.3. The van der Waals surface area contributed by atoms with Gasteiger partial charge >= 0.3 is 5.97 Å². The van der Waals surface area contributed by atoms with E-state index in [0.29, 0.717) is 10.0 Å². The summed E-state index contributed by atoms with van der Waals surface area (Å²) < 4.78 is 18.7. The van der Waals surface area contributed by atoms with E-state index in [9.17, 15) is 9.18 Å². The lowest BCUT2D eigenvalue weighted by molar-refractivity contribution is -0.138. The van der Waals surface area contributed by atoms with Crippen molar-refractivity contribution in [3.8, 4) is 5.75 Å². The van der Waals surface area contributed by atoms with Crippen LogP contribution in [0.15, 0.2) is 16.6 Å². The molecule has 1 rings (SSSR count). The highest BCUT2D eigenvalue weighted by molar-refractivity contribution is 9.10. The van der Waals surface area contributed by atoms with Gasteiger partial charge in [0.1, 0.15) is 0 Å². The van der Waals surface area contributed by atoms with E-state index in [1.54, 1.807) is 0 Å². The first-order valence-electron chi connectivity index (χ1n) is 4.23. The molecule has 1 N–H and O–H groups in total. The lowest BCUT2D eigenvalue weighted by Gasteiger charge is -2.14. The van der Waals surface area contributed by atoms with Gasteiger partial charge in [0.15, 0.2) is 11.6 Å². The van der Waals surface area contributed by atoms with Crippen LogP contribution in [-0.2, 0) is 4.79 Å². The number of methoxy groups -OCH3 is 1. The summed E-state index contributed by atoms with van der Waals surface area (Å²) in [6, 6.07) is 2.69. The van der Waals surface area contributed by atoms with Crippen LogP contribution < -0.4 is 4.74 Å². The SMILES string of the molecule is COc1c(F)ccc(Br)c1C(C)C(=O)O. The van der Waals surface area contributed by atoms with Gasteiger partial charge in [0, 0.05) is 10.0 Å². The fraction of sp³-hybridized carbons (Fsp3) is 0.300. The van der Waals surface area contributed by atoms with E-state index in [1.807, 2.05) is 0 Å². The molecule has 0 aliphatic rings. The first-order chi connectivity index (χ1) is 6.99.